The lowest BCUT2D eigenvalue weighted by Gasteiger charge is -2.37. The number of hydrogen-bond acceptors (Lipinski definition) is 9. The molecule has 2 aliphatic heterocycles. The Kier molecular flexibility index (Phi) is 8.10. The van der Waals surface area contributed by atoms with Gasteiger partial charge in [0.15, 0.2) is 0 Å². The Bertz CT molecular complexity index is 1820. The van der Waals surface area contributed by atoms with E-state index in [1.165, 1.54) is 28.9 Å². The lowest BCUT2D eigenvalue weighted by Crippen LogP contribution is -2.50. The summed E-state index contributed by atoms with van der Waals surface area (Å²) < 4.78 is 53.5. The summed E-state index contributed by atoms with van der Waals surface area (Å²) in [6, 6.07) is 12.9. The van der Waals surface area contributed by atoms with Crippen LogP contribution in [-0.4, -0.2) is 70.6 Å². The van der Waals surface area contributed by atoms with Crippen molar-refractivity contribution in [1.29, 1.82) is 0 Å². The molecule has 0 aliphatic carbocycles. The smallest absolute Gasteiger partial charge is 0.410 e. The molecule has 1 amide bonds. The van der Waals surface area contributed by atoms with E-state index in [9.17, 15) is 22.7 Å². The van der Waals surface area contributed by atoms with Crippen LogP contribution in [-0.2, 0) is 27.8 Å². The van der Waals surface area contributed by atoms with Crippen molar-refractivity contribution < 1.29 is 31.9 Å². The van der Waals surface area contributed by atoms with Gasteiger partial charge in [-0.25, -0.2) is 22.6 Å². The minimum atomic E-state index is -4.02. The predicted octanol–water partition coefficient (Wildman–Crippen LogP) is 4.72. The number of amides is 1. The van der Waals surface area contributed by atoms with E-state index >= 15 is 0 Å². The van der Waals surface area contributed by atoms with Gasteiger partial charge in [0.25, 0.3) is 0 Å². The number of hydrogen-bond donors (Lipinski definition) is 1. The molecule has 1 N–H and O–H groups in total. The van der Waals surface area contributed by atoms with E-state index in [-0.39, 0.29) is 35.5 Å². The van der Waals surface area contributed by atoms with E-state index in [1.807, 2.05) is 45.0 Å². The van der Waals surface area contributed by atoms with Crippen LogP contribution in [0.3, 0.4) is 0 Å². The molecule has 1 fully saturated rings. The number of piperazine rings is 1. The van der Waals surface area contributed by atoms with Crippen molar-refractivity contribution in [2.24, 2.45) is 0 Å². The Morgan fingerprint density at radius 1 is 1.02 bits per heavy atom. The van der Waals surface area contributed by atoms with Gasteiger partial charge in [0.1, 0.15) is 23.8 Å². The Morgan fingerprint density at radius 3 is 2.47 bits per heavy atom. The van der Waals surface area contributed by atoms with E-state index in [0.29, 0.717) is 48.6 Å². The molecular formula is C32H34FN5O6S. The molecule has 1 unspecified atom stereocenters. The average molecular weight is 636 g/mol. The summed E-state index contributed by atoms with van der Waals surface area (Å²) in [6.45, 7) is 7.94. The number of carbonyl (C=O) groups excluding carboxylic acids is 1. The number of ether oxygens (including phenoxy) is 1. The summed E-state index contributed by atoms with van der Waals surface area (Å²) >= 11 is 0. The van der Waals surface area contributed by atoms with Gasteiger partial charge in [0.05, 0.1) is 22.3 Å². The number of pyridine rings is 1. The second-order valence-corrected chi connectivity index (χ2v) is 14.0. The first-order valence-corrected chi connectivity index (χ1v) is 16.0. The van der Waals surface area contributed by atoms with Gasteiger partial charge in [-0.2, -0.15) is 4.31 Å². The number of fused-ring (bicyclic) bond motifs is 1. The fourth-order valence-corrected chi connectivity index (χ4v) is 6.87. The zero-order valence-corrected chi connectivity index (χ0v) is 26.0. The maximum atomic E-state index is 14.8. The van der Waals surface area contributed by atoms with Crippen molar-refractivity contribution in [2.45, 2.75) is 50.5 Å². The summed E-state index contributed by atoms with van der Waals surface area (Å²) in [4.78, 5) is 24.5. The first-order valence-electron chi connectivity index (χ1n) is 14.6. The van der Waals surface area contributed by atoms with E-state index in [2.05, 4.69) is 14.9 Å². The maximum absolute atomic E-state index is 14.8. The topological polar surface area (TPSA) is 129 Å². The highest BCUT2D eigenvalue weighted by Gasteiger charge is 2.33. The van der Waals surface area contributed by atoms with E-state index in [0.717, 1.165) is 11.8 Å². The molecule has 11 nitrogen and oxygen atoms in total. The first kappa shape index (κ1) is 30.7. The molecule has 2 aromatic heterocycles. The highest BCUT2D eigenvalue weighted by Crippen LogP contribution is 2.33. The third-order valence-corrected chi connectivity index (χ3v) is 9.59. The molecule has 0 bridgehead atoms. The van der Waals surface area contributed by atoms with Gasteiger partial charge in [0, 0.05) is 51.2 Å². The van der Waals surface area contributed by atoms with Crippen LogP contribution in [0, 0.1) is 5.82 Å². The average Bonchev–Trinajstić information content (AvgIpc) is 3.71. The molecule has 45 heavy (non-hydrogen) atoms. The van der Waals surface area contributed by atoms with Crippen LogP contribution in [0.5, 0.6) is 0 Å². The lowest BCUT2D eigenvalue weighted by molar-refractivity contribution is 0.0240. The van der Waals surface area contributed by atoms with Gasteiger partial charge in [-0.15, -0.1) is 0 Å². The van der Waals surface area contributed by atoms with Crippen molar-refractivity contribution in [1.82, 2.24) is 19.2 Å². The van der Waals surface area contributed by atoms with Crippen molar-refractivity contribution >= 4 is 21.8 Å². The van der Waals surface area contributed by atoms with Crippen LogP contribution in [0.15, 0.2) is 76.5 Å². The second kappa shape index (κ2) is 11.9. The number of oxazole rings is 1. The normalized spacial score (nSPS) is 16.5. The number of halogens is 1. The molecule has 4 heterocycles. The SMILES string of the molecule is CC(C)(C)OC(=O)N1CCN(c2cccc(C(O)c3cc4c(cn3)CN(S(=O)(=O)c3ccc(-c5ncco5)c(F)c3)C4)c2)CC1. The van der Waals surface area contributed by atoms with Crippen molar-refractivity contribution in [3.63, 3.8) is 0 Å². The fraction of sp³-hybridized carbons (Fsp3) is 0.344. The molecule has 2 aliphatic rings. The summed E-state index contributed by atoms with van der Waals surface area (Å²) in [5.41, 5.74) is 2.88. The van der Waals surface area contributed by atoms with Crippen molar-refractivity contribution in [3.05, 3.63) is 95.4 Å². The molecule has 2 aromatic carbocycles. The quantitative estimate of drug-likeness (QED) is 0.320. The molecule has 6 rings (SSSR count). The van der Waals surface area contributed by atoms with Crippen LogP contribution < -0.4 is 4.90 Å². The van der Waals surface area contributed by atoms with E-state index < -0.39 is 27.5 Å². The molecule has 0 radical (unpaired) electrons. The number of carbonyl (C=O) groups is 1. The Labute approximate surface area is 260 Å². The molecule has 13 heteroatoms. The number of aromatic nitrogens is 2. The Balaban J connectivity index is 1.13. The molecule has 1 atom stereocenters. The highest BCUT2D eigenvalue weighted by atomic mass is 32.2. The minimum Gasteiger partial charge on any atom is -0.444 e. The van der Waals surface area contributed by atoms with Crippen molar-refractivity contribution in [2.75, 3.05) is 31.1 Å². The third-order valence-electron chi connectivity index (χ3n) is 7.80. The molecule has 0 saturated carbocycles. The van der Waals surface area contributed by atoms with Crippen LogP contribution in [0.1, 0.15) is 49.3 Å². The number of aliphatic hydroxyl groups is 1. The van der Waals surface area contributed by atoms with Crippen LogP contribution in [0.4, 0.5) is 14.9 Å². The van der Waals surface area contributed by atoms with Crippen molar-refractivity contribution in [3.8, 4) is 11.5 Å². The van der Waals surface area contributed by atoms with Crippen LogP contribution in [0.25, 0.3) is 11.5 Å². The van der Waals surface area contributed by atoms with Gasteiger partial charge in [-0.3, -0.25) is 4.98 Å². The molecule has 1 saturated heterocycles. The second-order valence-electron chi connectivity index (χ2n) is 12.1. The predicted molar refractivity (Wildman–Crippen MR) is 163 cm³/mol. The Hall–Kier alpha value is -4.33. The summed E-state index contributed by atoms with van der Waals surface area (Å²) in [5, 5.41) is 11.3. The van der Waals surface area contributed by atoms with Gasteiger partial charge in [-0.1, -0.05) is 12.1 Å². The number of rotatable bonds is 6. The van der Waals surface area contributed by atoms with E-state index in [4.69, 9.17) is 9.15 Å². The maximum Gasteiger partial charge on any atom is 0.410 e. The zero-order chi connectivity index (χ0) is 31.9. The standard InChI is InChI=1S/C32H34FN5O6S/c1-32(2,3)44-31(40)37-12-10-36(11-13-37)24-6-4-5-21(15-24)29(39)28-16-22-19-38(20-23(22)18-35-28)45(41,42)25-7-8-26(27(33)17-25)30-34-9-14-43-30/h4-9,14-18,29,39H,10-13,19-20H2,1-3H3. The summed E-state index contributed by atoms with van der Waals surface area (Å²) in [7, 11) is -4.02. The Morgan fingerprint density at radius 2 is 1.78 bits per heavy atom. The fourth-order valence-electron chi connectivity index (χ4n) is 5.46. The minimum absolute atomic E-state index is 0.0605. The summed E-state index contributed by atoms with van der Waals surface area (Å²) in [5.74, 6) is -0.692. The van der Waals surface area contributed by atoms with Crippen LogP contribution >= 0.6 is 0 Å². The number of nitrogens with zero attached hydrogens (tertiary/aromatic N) is 5. The zero-order valence-electron chi connectivity index (χ0n) is 25.2. The van der Waals surface area contributed by atoms with Gasteiger partial charge in [0.2, 0.25) is 15.9 Å². The number of benzene rings is 2. The number of aliphatic hydroxyl groups excluding tert-OH is 1. The first-order chi connectivity index (χ1) is 21.4. The highest BCUT2D eigenvalue weighted by molar-refractivity contribution is 7.89. The van der Waals surface area contributed by atoms with Gasteiger partial charge >= 0.3 is 6.09 Å². The largest absolute Gasteiger partial charge is 0.444 e. The van der Waals surface area contributed by atoms with Crippen LogP contribution in [0.2, 0.25) is 0 Å². The molecule has 236 valence electrons. The lowest BCUT2D eigenvalue weighted by atomic mass is 10.0. The molecule has 4 aromatic rings. The summed E-state index contributed by atoms with van der Waals surface area (Å²) in [6.07, 6.45) is 2.91. The number of anilines is 1. The van der Waals surface area contributed by atoms with E-state index in [1.54, 1.807) is 17.2 Å². The third kappa shape index (κ3) is 6.42. The molecule has 0 spiro atoms. The van der Waals surface area contributed by atoms with Gasteiger partial charge < -0.3 is 24.1 Å². The van der Waals surface area contributed by atoms with Gasteiger partial charge in [-0.05, 0) is 73.9 Å². The monoisotopic (exact) mass is 635 g/mol. The molecular weight excluding hydrogens is 601 g/mol. The number of sulfonamides is 1.